The molecular weight excluding hydrogens is 443 g/mol. The summed E-state index contributed by atoms with van der Waals surface area (Å²) in [5.41, 5.74) is -3.68. The predicted octanol–water partition coefficient (Wildman–Crippen LogP) is 3.40. The Morgan fingerprint density at radius 3 is 2.32 bits per heavy atom. The molecule has 3 aromatic rings. The molecule has 8 nitrogen and oxygen atoms in total. The number of hydrogen-bond donors (Lipinski definition) is 3. The third-order valence-electron chi connectivity index (χ3n) is 4.34. The van der Waals surface area contributed by atoms with Crippen LogP contribution >= 0.6 is 11.6 Å². The fourth-order valence-electron chi connectivity index (χ4n) is 2.78. The van der Waals surface area contributed by atoms with Gasteiger partial charge in [-0.2, -0.15) is 13.2 Å². The topological polar surface area (TPSA) is 112 Å². The first-order valence-corrected chi connectivity index (χ1v) is 9.02. The highest BCUT2D eigenvalue weighted by atomic mass is 35.5. The van der Waals surface area contributed by atoms with Gasteiger partial charge >= 0.3 is 6.18 Å². The number of carbonyl (C=O) groups is 1. The van der Waals surface area contributed by atoms with Gasteiger partial charge in [0.25, 0.3) is 16.8 Å². The highest BCUT2D eigenvalue weighted by Gasteiger charge is 2.44. The van der Waals surface area contributed by atoms with Crippen LogP contribution in [0, 0.1) is 0 Å². The van der Waals surface area contributed by atoms with Gasteiger partial charge in [-0.3, -0.25) is 14.4 Å². The number of phenols is 1. The second-order valence-electron chi connectivity index (χ2n) is 6.70. The molecule has 2 aromatic carbocycles. The number of nitrogens with zero attached hydrogens (tertiary/aromatic N) is 1. The number of aromatic hydroxyl groups is 1. The van der Waals surface area contributed by atoms with Crippen LogP contribution in [0.5, 0.6) is 5.75 Å². The number of halogens is 4. The van der Waals surface area contributed by atoms with E-state index >= 15 is 0 Å². The summed E-state index contributed by atoms with van der Waals surface area (Å²) in [5.74, 6) is -1.69. The van der Waals surface area contributed by atoms with Crippen LogP contribution in [0.1, 0.15) is 22.2 Å². The molecule has 31 heavy (non-hydrogen) atoms. The van der Waals surface area contributed by atoms with Crippen LogP contribution in [-0.4, -0.2) is 36.2 Å². The monoisotopic (exact) mass is 457 g/mol. The Hall–Kier alpha value is -3.47. The standard InChI is InChI=1S/C19H15ClF3N3O5/c1-26(2)18(30)8-4-3-5-9(14(8)27)24-12-13(16(29)15(12)28)25-17(19(21,22)23)10-6-7-11(20)31-10/h3-7,17,24-25,27H,1-2H3/t17-/m0/s1. The molecule has 0 spiro atoms. The number of furan rings is 1. The predicted molar refractivity (Wildman–Crippen MR) is 107 cm³/mol. The summed E-state index contributed by atoms with van der Waals surface area (Å²) in [5, 5.41) is 14.4. The zero-order valence-corrected chi connectivity index (χ0v) is 16.8. The molecule has 3 rings (SSSR count). The van der Waals surface area contributed by atoms with Crippen LogP contribution in [0.4, 0.5) is 30.2 Å². The smallest absolute Gasteiger partial charge is 0.415 e. The van der Waals surface area contributed by atoms with E-state index in [2.05, 4.69) is 5.32 Å². The molecular formula is C19H15ClF3N3O5. The summed E-state index contributed by atoms with van der Waals surface area (Å²) >= 11 is 5.54. The summed E-state index contributed by atoms with van der Waals surface area (Å²) in [7, 11) is 2.91. The van der Waals surface area contributed by atoms with Gasteiger partial charge in [-0.05, 0) is 35.9 Å². The Kier molecular flexibility index (Phi) is 5.72. The number of anilines is 3. The van der Waals surface area contributed by atoms with Gasteiger partial charge in [0.2, 0.25) is 0 Å². The molecule has 12 heteroatoms. The molecule has 3 N–H and O–H groups in total. The molecule has 0 fully saturated rings. The van der Waals surface area contributed by atoms with Crippen molar-refractivity contribution in [3.05, 3.63) is 67.3 Å². The lowest BCUT2D eigenvalue weighted by molar-refractivity contribution is -0.147. The molecule has 1 heterocycles. The quantitative estimate of drug-likeness (QED) is 0.384. The van der Waals surface area contributed by atoms with Crippen molar-refractivity contribution in [2.24, 2.45) is 0 Å². The fourth-order valence-corrected chi connectivity index (χ4v) is 2.94. The van der Waals surface area contributed by atoms with Gasteiger partial charge in [-0.15, -0.1) is 0 Å². The average Bonchev–Trinajstić information content (AvgIpc) is 3.12. The number of alkyl halides is 3. The van der Waals surface area contributed by atoms with Crippen molar-refractivity contribution >= 4 is 34.6 Å². The van der Waals surface area contributed by atoms with E-state index in [1.165, 1.54) is 37.2 Å². The van der Waals surface area contributed by atoms with Gasteiger partial charge in [0.05, 0.1) is 11.3 Å². The van der Waals surface area contributed by atoms with Crippen LogP contribution in [-0.2, 0) is 0 Å². The molecule has 1 amide bonds. The van der Waals surface area contributed by atoms with Crippen molar-refractivity contribution in [2.45, 2.75) is 12.2 Å². The molecule has 0 radical (unpaired) electrons. The minimum atomic E-state index is -4.89. The minimum Gasteiger partial charge on any atom is -0.505 e. The Labute approximate surface area is 177 Å². The normalized spacial score (nSPS) is 12.6. The lowest BCUT2D eigenvalue weighted by Crippen LogP contribution is -2.40. The van der Waals surface area contributed by atoms with E-state index in [9.17, 15) is 32.7 Å². The number of phenolic OH excluding ortho intramolecular Hbond substituents is 1. The second-order valence-corrected chi connectivity index (χ2v) is 7.07. The van der Waals surface area contributed by atoms with Crippen LogP contribution in [0.15, 0.2) is 44.3 Å². The van der Waals surface area contributed by atoms with Gasteiger partial charge in [0.15, 0.2) is 17.0 Å². The van der Waals surface area contributed by atoms with Crippen molar-refractivity contribution in [1.82, 2.24) is 4.90 Å². The molecule has 0 saturated carbocycles. The van der Waals surface area contributed by atoms with Gasteiger partial charge < -0.3 is 25.1 Å². The first kappa shape index (κ1) is 22.2. The largest absolute Gasteiger partial charge is 0.505 e. The molecule has 164 valence electrons. The van der Waals surface area contributed by atoms with Crippen LogP contribution in [0.3, 0.4) is 0 Å². The van der Waals surface area contributed by atoms with Gasteiger partial charge in [-0.25, -0.2) is 0 Å². The van der Waals surface area contributed by atoms with Crippen LogP contribution in [0.2, 0.25) is 5.22 Å². The van der Waals surface area contributed by atoms with E-state index < -0.39 is 51.9 Å². The molecule has 1 atom stereocenters. The van der Waals surface area contributed by atoms with Crippen molar-refractivity contribution in [3.8, 4) is 5.75 Å². The van der Waals surface area contributed by atoms with E-state index in [1.54, 1.807) is 0 Å². The highest BCUT2D eigenvalue weighted by Crippen LogP contribution is 2.39. The Morgan fingerprint density at radius 1 is 1.13 bits per heavy atom. The number of para-hydroxylation sites is 1. The van der Waals surface area contributed by atoms with E-state index in [0.717, 1.165) is 12.1 Å². The number of benzene rings is 1. The van der Waals surface area contributed by atoms with E-state index in [1.807, 2.05) is 5.32 Å². The molecule has 0 saturated heterocycles. The van der Waals surface area contributed by atoms with Crippen LogP contribution < -0.4 is 21.5 Å². The van der Waals surface area contributed by atoms with Crippen molar-refractivity contribution in [2.75, 3.05) is 24.7 Å². The first-order valence-electron chi connectivity index (χ1n) is 8.64. The third kappa shape index (κ3) is 4.22. The third-order valence-corrected chi connectivity index (χ3v) is 4.54. The summed E-state index contributed by atoms with van der Waals surface area (Å²) in [6.07, 6.45) is -4.89. The van der Waals surface area contributed by atoms with E-state index in [0.29, 0.717) is 0 Å². The highest BCUT2D eigenvalue weighted by molar-refractivity contribution is 6.28. The summed E-state index contributed by atoms with van der Waals surface area (Å²) < 4.78 is 45.3. The Bertz CT molecular complexity index is 1210. The SMILES string of the molecule is CN(C)C(=O)c1cccc(Nc2c(N[C@@H](c3ccc(Cl)o3)C(F)(F)F)c(=O)c2=O)c1O. The average molecular weight is 458 g/mol. The minimum absolute atomic E-state index is 0.110. The van der Waals surface area contributed by atoms with Gasteiger partial charge in [0, 0.05) is 14.1 Å². The zero-order chi connectivity index (χ0) is 23.1. The van der Waals surface area contributed by atoms with Crippen molar-refractivity contribution in [3.63, 3.8) is 0 Å². The fraction of sp³-hybridized carbons (Fsp3) is 0.211. The maximum Gasteiger partial charge on any atom is 0.415 e. The molecule has 0 unspecified atom stereocenters. The van der Waals surface area contributed by atoms with E-state index in [-0.39, 0.29) is 16.5 Å². The summed E-state index contributed by atoms with van der Waals surface area (Å²) in [6.45, 7) is 0. The number of amides is 1. The molecule has 1 aromatic heterocycles. The van der Waals surface area contributed by atoms with Crippen molar-refractivity contribution in [1.29, 1.82) is 0 Å². The second kappa shape index (κ2) is 7.99. The van der Waals surface area contributed by atoms with Gasteiger partial charge in [-0.1, -0.05) is 6.07 Å². The van der Waals surface area contributed by atoms with Crippen LogP contribution in [0.25, 0.3) is 0 Å². The van der Waals surface area contributed by atoms with Crippen molar-refractivity contribution < 1.29 is 27.5 Å². The Balaban J connectivity index is 1.96. The lowest BCUT2D eigenvalue weighted by Gasteiger charge is -2.23. The number of nitrogens with one attached hydrogen (secondary N) is 2. The lowest BCUT2D eigenvalue weighted by atomic mass is 10.1. The Morgan fingerprint density at radius 2 is 1.77 bits per heavy atom. The molecule has 0 bridgehead atoms. The number of hydrogen-bond acceptors (Lipinski definition) is 7. The number of carbonyl (C=O) groups excluding carboxylic acids is 1. The molecule has 0 aliphatic carbocycles. The summed E-state index contributed by atoms with van der Waals surface area (Å²) in [4.78, 5) is 37.3. The maximum atomic E-state index is 13.5. The first-order chi connectivity index (χ1) is 14.4. The van der Waals surface area contributed by atoms with Gasteiger partial charge in [0.1, 0.15) is 17.1 Å². The van der Waals surface area contributed by atoms with E-state index in [4.69, 9.17) is 16.0 Å². The zero-order valence-electron chi connectivity index (χ0n) is 16.0. The molecule has 0 aliphatic heterocycles. The maximum absolute atomic E-state index is 13.5. The number of rotatable bonds is 6. The molecule has 0 aliphatic rings. The summed E-state index contributed by atoms with van der Waals surface area (Å²) in [6, 6.07) is 3.62.